The molecule has 3 aliphatic rings. The molecule has 2 aromatic heterocycles. The summed E-state index contributed by atoms with van der Waals surface area (Å²) in [6, 6.07) is 8.09. The summed E-state index contributed by atoms with van der Waals surface area (Å²) >= 11 is 0. The summed E-state index contributed by atoms with van der Waals surface area (Å²) in [4.78, 5) is 26.5. The molecule has 2 saturated heterocycles. The number of carbonyl (C=O) groups is 1. The van der Waals surface area contributed by atoms with Gasteiger partial charge < -0.3 is 9.64 Å². The fraction of sp³-hybridized carbons (Fsp3) is 0.500. The Hall–Kier alpha value is -2.31. The summed E-state index contributed by atoms with van der Waals surface area (Å²) in [5.41, 5.74) is 1.49. The van der Waals surface area contributed by atoms with Gasteiger partial charge in [-0.05, 0) is 48.1 Å². The van der Waals surface area contributed by atoms with Crippen molar-refractivity contribution < 1.29 is 9.53 Å². The molecule has 1 saturated carbocycles. The van der Waals surface area contributed by atoms with Crippen LogP contribution in [0.3, 0.4) is 0 Å². The first-order valence-electron chi connectivity index (χ1n) is 10.2. The van der Waals surface area contributed by atoms with Gasteiger partial charge in [0.25, 0.3) is 5.91 Å². The van der Waals surface area contributed by atoms with Gasteiger partial charge in [0.05, 0.1) is 6.61 Å². The second-order valence-electron chi connectivity index (χ2n) is 8.30. The molecule has 0 bridgehead atoms. The smallest absolute Gasteiger partial charge is 0.256 e. The van der Waals surface area contributed by atoms with Crippen molar-refractivity contribution in [1.29, 1.82) is 0 Å². The van der Waals surface area contributed by atoms with Gasteiger partial charge in [-0.2, -0.15) is 0 Å². The number of hydrogen-bond acceptors (Lipinski definition) is 5. The Labute approximate surface area is 165 Å². The SMILES string of the molecule is O=C1N(CC2CC2)CCO[C@@]12CN(Cc1ccncc1)C[C@H]2c1cccnc1. The highest BCUT2D eigenvalue weighted by Gasteiger charge is 2.57. The maximum Gasteiger partial charge on any atom is 0.256 e. The van der Waals surface area contributed by atoms with Crippen LogP contribution < -0.4 is 0 Å². The molecular weight excluding hydrogens is 352 g/mol. The Balaban J connectivity index is 1.44. The van der Waals surface area contributed by atoms with Crippen LogP contribution in [0.5, 0.6) is 0 Å². The van der Waals surface area contributed by atoms with Crippen molar-refractivity contribution in [2.45, 2.75) is 30.9 Å². The molecular formula is C22H26N4O2. The van der Waals surface area contributed by atoms with E-state index < -0.39 is 5.60 Å². The zero-order chi connectivity index (χ0) is 19.0. The predicted octanol–water partition coefficient (Wildman–Crippen LogP) is 2.08. The van der Waals surface area contributed by atoms with Crippen LogP contribution in [0.1, 0.15) is 29.9 Å². The number of rotatable bonds is 5. The number of hydrogen-bond donors (Lipinski definition) is 0. The monoisotopic (exact) mass is 378 g/mol. The Morgan fingerprint density at radius 3 is 2.75 bits per heavy atom. The molecule has 1 amide bonds. The van der Waals surface area contributed by atoms with Crippen molar-refractivity contribution in [2.75, 3.05) is 32.8 Å². The van der Waals surface area contributed by atoms with Gasteiger partial charge in [0.2, 0.25) is 0 Å². The number of ether oxygens (including phenoxy) is 1. The van der Waals surface area contributed by atoms with Crippen LogP contribution in [0.4, 0.5) is 0 Å². The van der Waals surface area contributed by atoms with Crippen molar-refractivity contribution in [3.8, 4) is 0 Å². The zero-order valence-electron chi connectivity index (χ0n) is 16.0. The van der Waals surface area contributed by atoms with Crippen molar-refractivity contribution >= 4 is 5.91 Å². The highest BCUT2D eigenvalue weighted by Crippen LogP contribution is 2.43. The van der Waals surface area contributed by atoms with E-state index in [9.17, 15) is 4.79 Å². The number of morpholine rings is 1. The first-order valence-corrected chi connectivity index (χ1v) is 10.2. The van der Waals surface area contributed by atoms with E-state index in [1.54, 1.807) is 6.20 Å². The molecule has 5 rings (SSSR count). The minimum Gasteiger partial charge on any atom is -0.361 e. The third kappa shape index (κ3) is 3.31. The average Bonchev–Trinajstić information content (AvgIpc) is 3.48. The topological polar surface area (TPSA) is 58.6 Å². The average molecular weight is 378 g/mol. The molecule has 1 spiro atoms. The molecule has 3 fully saturated rings. The van der Waals surface area contributed by atoms with E-state index in [1.165, 1.54) is 18.4 Å². The minimum atomic E-state index is -0.802. The lowest BCUT2D eigenvalue weighted by Gasteiger charge is -2.42. The van der Waals surface area contributed by atoms with E-state index in [1.807, 2.05) is 36.8 Å². The van der Waals surface area contributed by atoms with Crippen molar-refractivity contribution in [1.82, 2.24) is 19.8 Å². The number of pyridine rings is 2. The molecule has 0 radical (unpaired) electrons. The van der Waals surface area contributed by atoms with E-state index in [-0.39, 0.29) is 11.8 Å². The molecule has 28 heavy (non-hydrogen) atoms. The second-order valence-corrected chi connectivity index (χ2v) is 8.30. The second kappa shape index (κ2) is 7.26. The number of aromatic nitrogens is 2. The molecule has 2 aromatic rings. The molecule has 1 aliphatic carbocycles. The maximum atomic E-state index is 13.6. The summed E-state index contributed by atoms with van der Waals surface area (Å²) in [6.45, 7) is 4.40. The van der Waals surface area contributed by atoms with E-state index >= 15 is 0 Å². The molecule has 0 aromatic carbocycles. The van der Waals surface area contributed by atoms with E-state index in [2.05, 4.69) is 25.8 Å². The summed E-state index contributed by atoms with van der Waals surface area (Å²) in [5.74, 6) is 0.847. The molecule has 6 nitrogen and oxygen atoms in total. The first kappa shape index (κ1) is 17.8. The third-order valence-electron chi connectivity index (χ3n) is 6.25. The Morgan fingerprint density at radius 2 is 2.00 bits per heavy atom. The first-order chi connectivity index (χ1) is 13.7. The zero-order valence-corrected chi connectivity index (χ0v) is 16.0. The number of amides is 1. The lowest BCUT2D eigenvalue weighted by Crippen LogP contribution is -2.60. The Bertz CT molecular complexity index is 827. The summed E-state index contributed by atoms with van der Waals surface area (Å²) in [6.07, 6.45) is 9.80. The highest BCUT2D eigenvalue weighted by atomic mass is 16.5. The van der Waals surface area contributed by atoms with Gasteiger partial charge in [0.1, 0.15) is 0 Å². The minimum absolute atomic E-state index is 0.00228. The number of likely N-dealkylation sites (tertiary alicyclic amines) is 1. The lowest BCUT2D eigenvalue weighted by molar-refractivity contribution is -0.172. The van der Waals surface area contributed by atoms with Gasteiger partial charge in [-0.25, -0.2) is 0 Å². The molecule has 4 heterocycles. The maximum absolute atomic E-state index is 13.6. The summed E-state index contributed by atoms with van der Waals surface area (Å²) < 4.78 is 6.33. The molecule has 0 unspecified atom stereocenters. The van der Waals surface area contributed by atoms with E-state index in [0.717, 1.165) is 25.2 Å². The van der Waals surface area contributed by atoms with Gasteiger partial charge in [-0.3, -0.25) is 19.7 Å². The number of nitrogens with zero attached hydrogens (tertiary/aromatic N) is 4. The predicted molar refractivity (Wildman–Crippen MR) is 104 cm³/mol. The van der Waals surface area contributed by atoms with Gasteiger partial charge >= 0.3 is 0 Å². The molecule has 2 atom stereocenters. The Morgan fingerprint density at radius 1 is 1.14 bits per heavy atom. The summed E-state index contributed by atoms with van der Waals surface area (Å²) in [7, 11) is 0. The van der Waals surface area contributed by atoms with Crippen LogP contribution in [-0.2, 0) is 16.1 Å². The molecule has 2 aliphatic heterocycles. The van der Waals surface area contributed by atoms with E-state index in [0.29, 0.717) is 25.6 Å². The van der Waals surface area contributed by atoms with Crippen LogP contribution in [0.25, 0.3) is 0 Å². The van der Waals surface area contributed by atoms with E-state index in [4.69, 9.17) is 4.74 Å². The van der Waals surface area contributed by atoms with Crippen molar-refractivity contribution in [3.63, 3.8) is 0 Å². The van der Waals surface area contributed by atoms with Crippen LogP contribution in [-0.4, -0.2) is 64.1 Å². The third-order valence-corrected chi connectivity index (χ3v) is 6.25. The normalized spacial score (nSPS) is 28.2. The molecule has 146 valence electrons. The van der Waals surface area contributed by atoms with Gasteiger partial charge in [0.15, 0.2) is 5.60 Å². The van der Waals surface area contributed by atoms with Crippen molar-refractivity contribution in [2.24, 2.45) is 5.92 Å². The van der Waals surface area contributed by atoms with Gasteiger partial charge in [0, 0.05) is 63.4 Å². The lowest BCUT2D eigenvalue weighted by atomic mass is 9.83. The summed E-state index contributed by atoms with van der Waals surface area (Å²) in [5, 5.41) is 0. The quantitative estimate of drug-likeness (QED) is 0.797. The highest BCUT2D eigenvalue weighted by molar-refractivity contribution is 5.88. The standard InChI is InChI=1S/C22H26N4O2/c27-21-22(28-11-10-26(21)14-17-3-4-17)16-25(13-18-5-8-23-9-6-18)15-20(22)19-2-1-7-24-12-19/h1-2,5-9,12,17,20H,3-4,10-11,13-16H2/t20-,22+/m0/s1. The molecule has 0 N–H and O–H groups in total. The van der Waals surface area contributed by atoms with Crippen LogP contribution in [0.15, 0.2) is 49.1 Å². The fourth-order valence-electron chi connectivity index (χ4n) is 4.65. The Kier molecular flexibility index (Phi) is 4.61. The van der Waals surface area contributed by atoms with Gasteiger partial charge in [-0.15, -0.1) is 0 Å². The van der Waals surface area contributed by atoms with Crippen LogP contribution in [0.2, 0.25) is 0 Å². The molecule has 6 heteroatoms. The largest absolute Gasteiger partial charge is 0.361 e. The van der Waals surface area contributed by atoms with Gasteiger partial charge in [-0.1, -0.05) is 6.07 Å². The van der Waals surface area contributed by atoms with Crippen molar-refractivity contribution in [3.05, 3.63) is 60.2 Å². The van der Waals surface area contributed by atoms with Crippen LogP contribution in [0, 0.1) is 5.92 Å². The van der Waals surface area contributed by atoms with Crippen LogP contribution >= 0.6 is 0 Å². The number of carbonyl (C=O) groups excluding carboxylic acids is 1. The fourth-order valence-corrected chi connectivity index (χ4v) is 4.65.